The van der Waals surface area contributed by atoms with Crippen molar-refractivity contribution < 1.29 is 22.7 Å². The van der Waals surface area contributed by atoms with Crippen LogP contribution in [0.25, 0.3) is 0 Å². The summed E-state index contributed by atoms with van der Waals surface area (Å²) in [6.07, 6.45) is 0.609. The van der Waals surface area contributed by atoms with Gasteiger partial charge < -0.3 is 14.8 Å². The fraction of sp³-hybridized carbons (Fsp3) is 0.192. The third kappa shape index (κ3) is 4.92. The fourth-order valence-electron chi connectivity index (χ4n) is 3.58. The Bertz CT molecular complexity index is 1300. The topological polar surface area (TPSA) is 84.9 Å². The van der Waals surface area contributed by atoms with Gasteiger partial charge in [0, 0.05) is 5.69 Å². The predicted octanol–water partition coefficient (Wildman–Crippen LogP) is 4.46. The van der Waals surface area contributed by atoms with E-state index < -0.39 is 22.0 Å². The Kier molecular flexibility index (Phi) is 6.61. The third-order valence-corrected chi connectivity index (χ3v) is 7.17. The highest BCUT2D eigenvalue weighted by Crippen LogP contribution is 2.38. The van der Waals surface area contributed by atoms with Crippen molar-refractivity contribution in [2.24, 2.45) is 0 Å². The maximum Gasteiger partial charge on any atom is 0.267 e. The Morgan fingerprint density at radius 3 is 2.44 bits per heavy atom. The zero-order chi connectivity index (χ0) is 24.3. The van der Waals surface area contributed by atoms with E-state index in [0.29, 0.717) is 29.5 Å². The average Bonchev–Trinajstić information content (AvgIpc) is 2.83. The minimum atomic E-state index is -3.91. The number of hydrogen-bond donors (Lipinski definition) is 1. The molecule has 7 nitrogen and oxygen atoms in total. The van der Waals surface area contributed by atoms with Gasteiger partial charge in [-0.05, 0) is 67.9 Å². The summed E-state index contributed by atoms with van der Waals surface area (Å²) in [6, 6.07) is 18.8. The van der Waals surface area contributed by atoms with Crippen molar-refractivity contribution in [3.63, 3.8) is 0 Å². The van der Waals surface area contributed by atoms with Crippen LogP contribution in [-0.2, 0) is 14.8 Å². The second-order valence-corrected chi connectivity index (χ2v) is 9.90. The molecule has 0 saturated heterocycles. The molecule has 1 aliphatic heterocycles. The Hall–Kier alpha value is -3.78. The summed E-state index contributed by atoms with van der Waals surface area (Å²) in [5.74, 6) is 0.540. The summed E-state index contributed by atoms with van der Waals surface area (Å²) in [5, 5.41) is 2.80. The first-order valence-corrected chi connectivity index (χ1v) is 12.2. The number of hydrogen-bond acceptors (Lipinski definition) is 5. The molecule has 0 spiro atoms. The number of aryl methyl sites for hydroxylation is 2. The molecule has 0 radical (unpaired) electrons. The Morgan fingerprint density at radius 1 is 1.09 bits per heavy atom. The summed E-state index contributed by atoms with van der Waals surface area (Å²) in [4.78, 5) is 13.2. The van der Waals surface area contributed by atoms with E-state index in [1.54, 1.807) is 66.7 Å². The average molecular weight is 479 g/mol. The van der Waals surface area contributed by atoms with Crippen molar-refractivity contribution >= 4 is 27.3 Å². The molecule has 1 N–H and O–H groups in total. The van der Waals surface area contributed by atoms with E-state index in [4.69, 9.17) is 9.47 Å². The number of carbonyl (C=O) groups is 1. The maximum atomic E-state index is 13.5. The van der Waals surface area contributed by atoms with Crippen LogP contribution in [0, 0.1) is 13.8 Å². The lowest BCUT2D eigenvalue weighted by Gasteiger charge is -2.35. The standard InChI is InChI=1S/C26H26N2O5S/c1-4-15-32-21-10-8-20(9-11-21)27-26(29)25-17-28(23-14-7-19(3)16-24(23)33-25)34(30,31)22-12-5-18(2)6-13-22/h4-14,16,25H,1,15,17H2,2-3H3,(H,27,29). The molecule has 1 heterocycles. The molecule has 0 fully saturated rings. The van der Waals surface area contributed by atoms with Gasteiger partial charge in [-0.25, -0.2) is 8.42 Å². The lowest BCUT2D eigenvalue weighted by atomic mass is 10.1. The van der Waals surface area contributed by atoms with E-state index in [0.717, 1.165) is 11.1 Å². The minimum Gasteiger partial charge on any atom is -0.490 e. The number of rotatable bonds is 7. The molecule has 1 aliphatic rings. The summed E-state index contributed by atoms with van der Waals surface area (Å²) in [6.45, 7) is 7.60. The van der Waals surface area contributed by atoms with Crippen LogP contribution in [0.4, 0.5) is 11.4 Å². The van der Waals surface area contributed by atoms with Gasteiger partial charge in [-0.2, -0.15) is 0 Å². The van der Waals surface area contributed by atoms with E-state index in [1.165, 1.54) is 4.31 Å². The summed E-state index contributed by atoms with van der Waals surface area (Å²) >= 11 is 0. The van der Waals surface area contributed by atoms with Gasteiger partial charge in [0.15, 0.2) is 6.10 Å². The van der Waals surface area contributed by atoms with Crippen LogP contribution in [-0.4, -0.2) is 33.6 Å². The molecule has 176 valence electrons. The Balaban J connectivity index is 1.60. The molecular weight excluding hydrogens is 452 g/mol. The molecule has 0 saturated carbocycles. The van der Waals surface area contributed by atoms with E-state index in [-0.39, 0.29) is 11.4 Å². The molecule has 4 rings (SSSR count). The quantitative estimate of drug-likeness (QED) is 0.507. The number of carbonyl (C=O) groups excluding carboxylic acids is 1. The number of anilines is 2. The number of benzene rings is 3. The van der Waals surface area contributed by atoms with Gasteiger partial charge >= 0.3 is 0 Å². The van der Waals surface area contributed by atoms with Crippen LogP contribution in [0.2, 0.25) is 0 Å². The molecule has 0 bridgehead atoms. The second kappa shape index (κ2) is 9.61. The van der Waals surface area contributed by atoms with Gasteiger partial charge in [-0.15, -0.1) is 0 Å². The first-order chi connectivity index (χ1) is 16.3. The van der Waals surface area contributed by atoms with Crippen molar-refractivity contribution in [2.45, 2.75) is 24.8 Å². The highest BCUT2D eigenvalue weighted by molar-refractivity contribution is 7.92. The van der Waals surface area contributed by atoms with Crippen LogP contribution in [0.3, 0.4) is 0 Å². The molecule has 0 aromatic heterocycles. The summed E-state index contributed by atoms with van der Waals surface area (Å²) in [7, 11) is -3.91. The largest absolute Gasteiger partial charge is 0.490 e. The molecule has 8 heteroatoms. The monoisotopic (exact) mass is 478 g/mol. The number of ether oxygens (including phenoxy) is 2. The number of nitrogens with one attached hydrogen (secondary N) is 1. The number of amides is 1. The van der Waals surface area contributed by atoms with Gasteiger partial charge in [0.2, 0.25) is 0 Å². The smallest absolute Gasteiger partial charge is 0.267 e. The van der Waals surface area contributed by atoms with Crippen LogP contribution in [0.5, 0.6) is 11.5 Å². The second-order valence-electron chi connectivity index (χ2n) is 8.04. The predicted molar refractivity (Wildman–Crippen MR) is 132 cm³/mol. The minimum absolute atomic E-state index is 0.154. The molecule has 34 heavy (non-hydrogen) atoms. The zero-order valence-electron chi connectivity index (χ0n) is 19.0. The molecule has 3 aromatic rings. The van der Waals surface area contributed by atoms with Crippen LogP contribution in [0.1, 0.15) is 11.1 Å². The molecule has 1 amide bonds. The first kappa shape index (κ1) is 23.4. The van der Waals surface area contributed by atoms with Crippen molar-refractivity contribution in [1.29, 1.82) is 0 Å². The highest BCUT2D eigenvalue weighted by Gasteiger charge is 2.37. The van der Waals surface area contributed by atoms with Gasteiger partial charge in [0.05, 0.1) is 17.1 Å². The molecule has 1 unspecified atom stereocenters. The van der Waals surface area contributed by atoms with Crippen LogP contribution < -0.4 is 19.1 Å². The number of nitrogens with zero attached hydrogens (tertiary/aromatic N) is 1. The van der Waals surface area contributed by atoms with Gasteiger partial charge in [-0.3, -0.25) is 9.10 Å². The van der Waals surface area contributed by atoms with E-state index in [1.807, 2.05) is 19.9 Å². The van der Waals surface area contributed by atoms with Gasteiger partial charge in [0.25, 0.3) is 15.9 Å². The number of fused-ring (bicyclic) bond motifs is 1. The summed E-state index contributed by atoms with van der Waals surface area (Å²) < 4.78 is 39.7. The van der Waals surface area contributed by atoms with Gasteiger partial charge in [-0.1, -0.05) is 36.4 Å². The van der Waals surface area contributed by atoms with E-state index in [9.17, 15) is 13.2 Å². The molecular formula is C26H26N2O5S. The van der Waals surface area contributed by atoms with Crippen LogP contribution >= 0.6 is 0 Å². The van der Waals surface area contributed by atoms with E-state index in [2.05, 4.69) is 11.9 Å². The zero-order valence-corrected chi connectivity index (χ0v) is 19.8. The van der Waals surface area contributed by atoms with E-state index >= 15 is 0 Å². The number of sulfonamides is 1. The lowest BCUT2D eigenvalue weighted by molar-refractivity contribution is -0.122. The molecule has 0 aliphatic carbocycles. The first-order valence-electron chi connectivity index (χ1n) is 10.8. The van der Waals surface area contributed by atoms with Crippen molar-refractivity contribution in [1.82, 2.24) is 0 Å². The Labute approximate surface area is 199 Å². The third-order valence-electron chi connectivity index (χ3n) is 5.38. The normalized spacial score (nSPS) is 15.1. The summed E-state index contributed by atoms with van der Waals surface area (Å²) in [5.41, 5.74) is 2.79. The van der Waals surface area contributed by atoms with Crippen molar-refractivity contribution in [3.05, 3.63) is 90.5 Å². The maximum absolute atomic E-state index is 13.5. The Morgan fingerprint density at radius 2 is 1.76 bits per heavy atom. The van der Waals surface area contributed by atoms with Crippen molar-refractivity contribution in [3.8, 4) is 11.5 Å². The highest BCUT2D eigenvalue weighted by atomic mass is 32.2. The van der Waals surface area contributed by atoms with Gasteiger partial charge in [0.1, 0.15) is 18.1 Å². The fourth-order valence-corrected chi connectivity index (χ4v) is 5.05. The molecule has 1 atom stereocenters. The van der Waals surface area contributed by atoms with Crippen LogP contribution in [0.15, 0.2) is 84.3 Å². The SMILES string of the molecule is C=CCOc1ccc(NC(=O)C2CN(S(=O)(=O)c3ccc(C)cc3)c3ccc(C)cc3O2)cc1. The molecule has 3 aromatic carbocycles. The lowest BCUT2D eigenvalue weighted by Crippen LogP contribution is -2.48. The van der Waals surface area contributed by atoms with Crippen molar-refractivity contribution in [2.75, 3.05) is 22.8 Å².